The number of fused-ring (bicyclic) bond motifs is 5. The molecule has 1 atom stereocenters. The first kappa shape index (κ1) is 22.4. The number of nitrogens with zero attached hydrogens (tertiary/aromatic N) is 2. The summed E-state index contributed by atoms with van der Waals surface area (Å²) in [6.45, 7) is 7.44. The van der Waals surface area contributed by atoms with Gasteiger partial charge in [0.05, 0.1) is 29.0 Å². The number of aliphatic hydroxyl groups is 1. The molecule has 2 aliphatic heterocycles. The minimum Gasteiger partial charge on any atom is -0.458 e. The van der Waals surface area contributed by atoms with Crippen molar-refractivity contribution in [1.82, 2.24) is 9.55 Å². The number of aromatic nitrogens is 2. The Labute approximate surface area is 195 Å². The Kier molecular flexibility index (Phi) is 5.00. The molecule has 0 saturated carbocycles. The number of halogens is 1. The molecule has 8 heteroatoms. The quantitative estimate of drug-likeness (QED) is 0.451. The first-order valence-electron chi connectivity index (χ1n) is 11.3. The number of benzene rings is 1. The highest BCUT2D eigenvalue weighted by molar-refractivity contribution is 5.98. The van der Waals surface area contributed by atoms with E-state index in [0.717, 1.165) is 27.6 Å². The summed E-state index contributed by atoms with van der Waals surface area (Å²) in [5.74, 6) is -1.15. The normalized spacial score (nSPS) is 19.1. The average Bonchev–Trinajstić information content (AvgIpc) is 3.19. The molecule has 2 aromatic heterocycles. The zero-order valence-electron chi connectivity index (χ0n) is 19.6. The zero-order chi connectivity index (χ0) is 24.5. The van der Waals surface area contributed by atoms with Gasteiger partial charge in [-0.3, -0.25) is 4.79 Å². The smallest absolute Gasteiger partial charge is 0.343 e. The number of hydrogen-bond acceptors (Lipinski definition) is 6. The lowest BCUT2D eigenvalue weighted by Gasteiger charge is -2.31. The molecule has 0 radical (unpaired) electrons. The lowest BCUT2D eigenvalue weighted by Crippen LogP contribution is -2.44. The van der Waals surface area contributed by atoms with Crippen LogP contribution in [0.3, 0.4) is 0 Å². The summed E-state index contributed by atoms with van der Waals surface area (Å²) in [4.78, 5) is 30.6. The first-order valence-corrected chi connectivity index (χ1v) is 11.3. The maximum absolute atomic E-state index is 14.9. The van der Waals surface area contributed by atoms with Crippen LogP contribution in [0.2, 0.25) is 0 Å². The van der Waals surface area contributed by atoms with E-state index in [1.807, 2.05) is 19.9 Å². The zero-order valence-corrected chi connectivity index (χ0v) is 19.6. The second kappa shape index (κ2) is 7.58. The molecule has 3 N–H and O–H groups in total. The van der Waals surface area contributed by atoms with E-state index in [4.69, 9.17) is 15.5 Å². The van der Waals surface area contributed by atoms with Gasteiger partial charge in [0.25, 0.3) is 5.56 Å². The van der Waals surface area contributed by atoms with Gasteiger partial charge in [-0.25, -0.2) is 14.2 Å². The minimum atomic E-state index is -1.90. The number of ether oxygens (including phenoxy) is 1. The van der Waals surface area contributed by atoms with Crippen LogP contribution >= 0.6 is 0 Å². The molecular weight excluding hydrogens is 437 g/mol. The summed E-state index contributed by atoms with van der Waals surface area (Å²) < 4.78 is 21.6. The summed E-state index contributed by atoms with van der Waals surface area (Å²) in [6.07, 6.45) is 1.98. The van der Waals surface area contributed by atoms with Crippen LogP contribution in [0.4, 0.5) is 4.39 Å². The number of hydrogen-bond donors (Lipinski definition) is 2. The number of carbonyl (C=O) groups excluding carboxylic acids is 1. The maximum atomic E-state index is 14.9. The highest BCUT2D eigenvalue weighted by atomic mass is 19.1. The van der Waals surface area contributed by atoms with Gasteiger partial charge in [0.2, 0.25) is 0 Å². The van der Waals surface area contributed by atoms with Crippen LogP contribution in [0.15, 0.2) is 23.0 Å². The number of allylic oxidation sites excluding steroid dienone is 2. The number of carbonyl (C=O) groups is 1. The molecule has 176 valence electrons. The third kappa shape index (κ3) is 2.78. The Balaban J connectivity index is 1.88. The van der Waals surface area contributed by atoms with Crippen LogP contribution in [0, 0.1) is 12.7 Å². The molecule has 3 aromatic rings. The third-order valence-corrected chi connectivity index (χ3v) is 7.32. The summed E-state index contributed by atoms with van der Waals surface area (Å²) >= 11 is 0. The predicted molar refractivity (Wildman–Crippen MR) is 126 cm³/mol. The van der Waals surface area contributed by atoms with Crippen LogP contribution < -0.4 is 11.3 Å². The lowest BCUT2D eigenvalue weighted by atomic mass is 9.86. The van der Waals surface area contributed by atoms with Crippen molar-refractivity contribution in [3.05, 3.63) is 67.8 Å². The van der Waals surface area contributed by atoms with Gasteiger partial charge in [0.1, 0.15) is 12.4 Å². The van der Waals surface area contributed by atoms with Gasteiger partial charge in [0, 0.05) is 29.1 Å². The Morgan fingerprint density at radius 1 is 1.35 bits per heavy atom. The van der Waals surface area contributed by atoms with Gasteiger partial charge in [0.15, 0.2) is 5.60 Å². The van der Waals surface area contributed by atoms with E-state index < -0.39 is 11.6 Å². The standard InChI is InChI=1S/C26H26FN3O4/c1-5-12(3)21-13(4)18(27)8-19-22(21)14(9-28)15-10-30-20(23(15)29-19)7-17-16(24(30)31)11-34-25(32)26(17,33)6-2/h5,7-8,33H,6,9-11,28H2,1-4H3/b12-5+/t26-/m0/s1. The van der Waals surface area contributed by atoms with Crippen molar-refractivity contribution < 1.29 is 19.0 Å². The molecule has 0 unspecified atom stereocenters. The molecule has 0 saturated heterocycles. The lowest BCUT2D eigenvalue weighted by molar-refractivity contribution is -0.172. The van der Waals surface area contributed by atoms with Gasteiger partial charge in [-0.2, -0.15) is 0 Å². The molecule has 34 heavy (non-hydrogen) atoms. The molecular formula is C26H26FN3O4. The van der Waals surface area contributed by atoms with E-state index >= 15 is 0 Å². The van der Waals surface area contributed by atoms with Crippen LogP contribution in [-0.4, -0.2) is 20.6 Å². The molecule has 5 rings (SSSR count). The van der Waals surface area contributed by atoms with E-state index in [2.05, 4.69) is 0 Å². The fourth-order valence-electron chi connectivity index (χ4n) is 5.27. The summed E-state index contributed by atoms with van der Waals surface area (Å²) in [5.41, 5.74) is 9.70. The second-order valence-electron chi connectivity index (χ2n) is 8.95. The number of esters is 1. The van der Waals surface area contributed by atoms with Crippen molar-refractivity contribution >= 4 is 22.4 Å². The van der Waals surface area contributed by atoms with E-state index in [1.54, 1.807) is 24.5 Å². The van der Waals surface area contributed by atoms with Crippen molar-refractivity contribution in [3.8, 4) is 11.4 Å². The van der Waals surface area contributed by atoms with E-state index in [1.165, 1.54) is 6.07 Å². The van der Waals surface area contributed by atoms with Crippen LogP contribution in [-0.2, 0) is 34.8 Å². The predicted octanol–water partition coefficient (Wildman–Crippen LogP) is 3.41. The second-order valence-corrected chi connectivity index (χ2v) is 8.95. The van der Waals surface area contributed by atoms with Crippen molar-refractivity contribution in [2.24, 2.45) is 5.73 Å². The highest BCUT2D eigenvalue weighted by Gasteiger charge is 2.45. The van der Waals surface area contributed by atoms with Gasteiger partial charge in [-0.05, 0) is 55.5 Å². The summed E-state index contributed by atoms with van der Waals surface area (Å²) in [5, 5.41) is 11.8. The van der Waals surface area contributed by atoms with Crippen molar-refractivity contribution in [3.63, 3.8) is 0 Å². The molecule has 0 fully saturated rings. The number of rotatable bonds is 3. The SMILES string of the molecule is C/C=C(\C)c1c(C)c(F)cc2nc3c(c(CN)c12)Cn1c-3cc2c(c1=O)COC(=O)[C@]2(O)CC. The maximum Gasteiger partial charge on any atom is 0.343 e. The van der Waals surface area contributed by atoms with Gasteiger partial charge >= 0.3 is 5.97 Å². The monoisotopic (exact) mass is 463 g/mol. The van der Waals surface area contributed by atoms with Gasteiger partial charge in [-0.1, -0.05) is 13.0 Å². The highest BCUT2D eigenvalue weighted by Crippen LogP contribution is 2.42. The molecule has 4 heterocycles. The van der Waals surface area contributed by atoms with Crippen molar-refractivity contribution in [1.29, 1.82) is 0 Å². The number of pyridine rings is 2. The summed E-state index contributed by atoms with van der Waals surface area (Å²) in [6, 6.07) is 3.05. The number of nitrogens with two attached hydrogens (primary N) is 1. The first-order chi connectivity index (χ1) is 16.2. The van der Waals surface area contributed by atoms with Crippen LogP contribution in [0.5, 0.6) is 0 Å². The average molecular weight is 464 g/mol. The Hall–Kier alpha value is -3.36. The Bertz CT molecular complexity index is 1500. The Morgan fingerprint density at radius 3 is 2.74 bits per heavy atom. The topological polar surface area (TPSA) is 107 Å². The molecule has 7 nitrogen and oxygen atoms in total. The molecule has 0 amide bonds. The fourth-order valence-corrected chi connectivity index (χ4v) is 5.27. The third-order valence-electron chi connectivity index (χ3n) is 7.32. The Morgan fingerprint density at radius 2 is 2.09 bits per heavy atom. The van der Waals surface area contributed by atoms with E-state index in [9.17, 15) is 19.1 Å². The molecule has 0 spiro atoms. The molecule has 0 bridgehead atoms. The van der Waals surface area contributed by atoms with Gasteiger partial charge < -0.3 is 20.1 Å². The molecule has 0 aliphatic carbocycles. The molecule has 2 aliphatic rings. The largest absolute Gasteiger partial charge is 0.458 e. The number of cyclic esters (lactones) is 1. The van der Waals surface area contributed by atoms with Crippen LogP contribution in [0.25, 0.3) is 27.9 Å². The molecule has 1 aromatic carbocycles. The van der Waals surface area contributed by atoms with Crippen molar-refractivity contribution in [2.75, 3.05) is 0 Å². The minimum absolute atomic E-state index is 0.0598. The fraction of sp³-hybridized carbons (Fsp3) is 0.346. The van der Waals surface area contributed by atoms with E-state index in [-0.39, 0.29) is 48.6 Å². The van der Waals surface area contributed by atoms with E-state index in [0.29, 0.717) is 22.5 Å². The van der Waals surface area contributed by atoms with Crippen LogP contribution in [0.1, 0.15) is 60.6 Å². The summed E-state index contributed by atoms with van der Waals surface area (Å²) in [7, 11) is 0. The van der Waals surface area contributed by atoms with Crippen molar-refractivity contribution in [2.45, 2.75) is 59.4 Å². The van der Waals surface area contributed by atoms with Gasteiger partial charge in [-0.15, -0.1) is 0 Å².